The van der Waals surface area contributed by atoms with E-state index < -0.39 is 0 Å². The second-order valence-corrected chi connectivity index (χ2v) is 6.20. The molecule has 0 spiro atoms. The molecule has 0 unspecified atom stereocenters. The number of rotatable bonds is 6. The Morgan fingerprint density at radius 3 is 1.03 bits per heavy atom. The van der Waals surface area contributed by atoms with Crippen molar-refractivity contribution in [1.82, 2.24) is 0 Å². The van der Waals surface area contributed by atoms with E-state index in [0.717, 1.165) is 34.1 Å². The van der Waals surface area contributed by atoms with Crippen molar-refractivity contribution in [2.45, 2.75) is 0 Å². The van der Waals surface area contributed by atoms with Crippen molar-refractivity contribution in [3.05, 3.63) is 72.8 Å². The molecule has 3 aromatic rings. The fourth-order valence-corrected chi connectivity index (χ4v) is 2.55. The first-order chi connectivity index (χ1) is 14.6. The summed E-state index contributed by atoms with van der Waals surface area (Å²) in [5.41, 5.74) is 6.80. The third kappa shape index (κ3) is 8.65. The van der Waals surface area contributed by atoms with E-state index in [2.05, 4.69) is 38.0 Å². The summed E-state index contributed by atoms with van der Waals surface area (Å²) in [5, 5.41) is 18.4. The summed E-state index contributed by atoms with van der Waals surface area (Å²) in [6.07, 6.45) is 0. The van der Waals surface area contributed by atoms with Gasteiger partial charge in [0.05, 0.1) is 11.4 Å². The topological polar surface area (TPSA) is 72.2 Å². The minimum atomic E-state index is 1.13. The highest BCUT2D eigenvalue weighted by molar-refractivity contribution is 5.67. The Labute approximate surface area is 181 Å². The van der Waals surface area contributed by atoms with Crippen LogP contribution in [0.4, 0.5) is 34.1 Å². The summed E-state index contributed by atoms with van der Waals surface area (Å²) < 4.78 is 0. The maximum atomic E-state index is 3.08. The SMILES string of the molecule is CNc1ccc(NC)cc1.CNc1cccc(NC)c1.CNc1ccccc1NC. The molecule has 6 nitrogen and oxygen atoms in total. The van der Waals surface area contributed by atoms with Crippen LogP contribution in [0.3, 0.4) is 0 Å². The smallest absolute Gasteiger partial charge is 0.0573 e. The highest BCUT2D eigenvalue weighted by Crippen LogP contribution is 2.18. The zero-order valence-corrected chi connectivity index (χ0v) is 18.9. The van der Waals surface area contributed by atoms with Gasteiger partial charge in [0, 0.05) is 65.0 Å². The number of nitrogens with one attached hydrogen (secondary N) is 6. The van der Waals surface area contributed by atoms with Crippen LogP contribution in [0.2, 0.25) is 0 Å². The molecule has 6 heteroatoms. The normalized spacial score (nSPS) is 9.00. The predicted octanol–water partition coefficient (Wildman–Crippen LogP) is 5.31. The zero-order chi connectivity index (χ0) is 22.2. The highest BCUT2D eigenvalue weighted by Gasteiger charge is 1.93. The lowest BCUT2D eigenvalue weighted by atomic mass is 10.3. The van der Waals surface area contributed by atoms with E-state index >= 15 is 0 Å². The minimum Gasteiger partial charge on any atom is -0.388 e. The summed E-state index contributed by atoms with van der Waals surface area (Å²) in [7, 11) is 11.5. The molecule has 162 valence electrons. The number of para-hydroxylation sites is 2. The first kappa shape index (κ1) is 24.5. The first-order valence-electron chi connectivity index (χ1n) is 9.97. The van der Waals surface area contributed by atoms with Gasteiger partial charge in [0.2, 0.25) is 0 Å². The summed E-state index contributed by atoms with van der Waals surface area (Å²) in [6.45, 7) is 0. The van der Waals surface area contributed by atoms with Crippen molar-refractivity contribution in [2.24, 2.45) is 0 Å². The molecule has 0 saturated carbocycles. The lowest BCUT2D eigenvalue weighted by molar-refractivity contribution is 1.45. The third-order valence-corrected chi connectivity index (χ3v) is 4.37. The Bertz CT molecular complexity index is 768. The van der Waals surface area contributed by atoms with Crippen LogP contribution < -0.4 is 31.9 Å². The van der Waals surface area contributed by atoms with Crippen molar-refractivity contribution in [3.63, 3.8) is 0 Å². The predicted molar refractivity (Wildman–Crippen MR) is 137 cm³/mol. The number of hydrogen-bond donors (Lipinski definition) is 6. The standard InChI is InChI=1S/3C8H12N2/c1-9-7-3-5-8(10-2)6-4-7;1-9-7-4-3-5-8(6-7)10-2;1-9-7-5-3-4-6-8(7)10-2/h3*3-6,9-10H,1-2H3. The van der Waals surface area contributed by atoms with Gasteiger partial charge in [0.15, 0.2) is 0 Å². The maximum absolute atomic E-state index is 3.08. The molecule has 0 aliphatic rings. The summed E-state index contributed by atoms with van der Waals surface area (Å²) in [4.78, 5) is 0. The average molecular weight is 409 g/mol. The molecule has 0 radical (unpaired) electrons. The first-order valence-corrected chi connectivity index (χ1v) is 9.97. The Morgan fingerprint density at radius 2 is 0.733 bits per heavy atom. The van der Waals surface area contributed by atoms with Crippen molar-refractivity contribution < 1.29 is 0 Å². The Morgan fingerprint density at radius 1 is 0.367 bits per heavy atom. The van der Waals surface area contributed by atoms with Gasteiger partial charge in [0.1, 0.15) is 0 Å². The summed E-state index contributed by atoms with van der Waals surface area (Å²) in [5.74, 6) is 0. The van der Waals surface area contributed by atoms with Gasteiger partial charge in [-0.05, 0) is 54.6 Å². The maximum Gasteiger partial charge on any atom is 0.0573 e. The average Bonchev–Trinajstić information content (AvgIpc) is 2.84. The van der Waals surface area contributed by atoms with E-state index in [9.17, 15) is 0 Å². The molecule has 6 N–H and O–H groups in total. The number of anilines is 6. The quantitative estimate of drug-likeness (QED) is 0.332. The van der Waals surface area contributed by atoms with E-state index in [1.54, 1.807) is 0 Å². The van der Waals surface area contributed by atoms with E-state index in [4.69, 9.17) is 0 Å². The number of benzene rings is 3. The molecular weight excluding hydrogens is 372 g/mol. The molecule has 0 aliphatic carbocycles. The molecule has 0 heterocycles. The summed E-state index contributed by atoms with van der Waals surface area (Å²) in [6, 6.07) is 24.3. The summed E-state index contributed by atoms with van der Waals surface area (Å²) >= 11 is 0. The highest BCUT2D eigenvalue weighted by atomic mass is 14.9. The zero-order valence-electron chi connectivity index (χ0n) is 18.9. The Hall–Kier alpha value is -3.54. The minimum absolute atomic E-state index is 1.13. The molecule has 0 aromatic heterocycles. The van der Waals surface area contributed by atoms with E-state index in [0.29, 0.717) is 0 Å². The lowest BCUT2D eigenvalue weighted by Crippen LogP contribution is -1.95. The largest absolute Gasteiger partial charge is 0.388 e. The monoisotopic (exact) mass is 408 g/mol. The van der Waals surface area contributed by atoms with Gasteiger partial charge >= 0.3 is 0 Å². The van der Waals surface area contributed by atoms with Crippen LogP contribution in [0.25, 0.3) is 0 Å². The molecule has 30 heavy (non-hydrogen) atoms. The molecular formula is C24H36N6. The van der Waals surface area contributed by atoms with Crippen molar-refractivity contribution in [2.75, 3.05) is 74.2 Å². The molecule has 0 saturated heterocycles. The van der Waals surface area contributed by atoms with Gasteiger partial charge in [-0.25, -0.2) is 0 Å². The second kappa shape index (κ2) is 14.5. The molecule has 3 rings (SSSR count). The molecule has 0 bridgehead atoms. The molecule has 0 atom stereocenters. The van der Waals surface area contributed by atoms with Gasteiger partial charge < -0.3 is 31.9 Å². The third-order valence-electron chi connectivity index (χ3n) is 4.37. The number of hydrogen-bond acceptors (Lipinski definition) is 6. The second-order valence-electron chi connectivity index (χ2n) is 6.20. The van der Waals surface area contributed by atoms with Crippen LogP contribution in [-0.4, -0.2) is 42.3 Å². The van der Waals surface area contributed by atoms with E-state index in [-0.39, 0.29) is 0 Å². The van der Waals surface area contributed by atoms with Crippen LogP contribution >= 0.6 is 0 Å². The van der Waals surface area contributed by atoms with Gasteiger partial charge in [0.25, 0.3) is 0 Å². The Balaban J connectivity index is 0.000000225. The fourth-order valence-electron chi connectivity index (χ4n) is 2.55. The van der Waals surface area contributed by atoms with E-state index in [1.165, 1.54) is 0 Å². The lowest BCUT2D eigenvalue weighted by Gasteiger charge is -2.06. The van der Waals surface area contributed by atoms with Crippen molar-refractivity contribution in [3.8, 4) is 0 Å². The Kier molecular flexibility index (Phi) is 11.8. The van der Waals surface area contributed by atoms with Gasteiger partial charge in [-0.15, -0.1) is 0 Å². The van der Waals surface area contributed by atoms with Crippen molar-refractivity contribution >= 4 is 34.1 Å². The molecule has 0 aliphatic heterocycles. The molecule has 0 fully saturated rings. The fraction of sp³-hybridized carbons (Fsp3) is 0.250. The molecule has 0 amide bonds. The van der Waals surface area contributed by atoms with Crippen LogP contribution in [0, 0.1) is 0 Å². The molecule has 3 aromatic carbocycles. The van der Waals surface area contributed by atoms with Gasteiger partial charge in [-0.2, -0.15) is 0 Å². The van der Waals surface area contributed by atoms with Crippen LogP contribution in [0.15, 0.2) is 72.8 Å². The van der Waals surface area contributed by atoms with Gasteiger partial charge in [-0.1, -0.05) is 18.2 Å². The van der Waals surface area contributed by atoms with E-state index in [1.807, 2.05) is 109 Å². The van der Waals surface area contributed by atoms with Crippen molar-refractivity contribution in [1.29, 1.82) is 0 Å². The van der Waals surface area contributed by atoms with Gasteiger partial charge in [-0.3, -0.25) is 0 Å². The van der Waals surface area contributed by atoms with Crippen LogP contribution in [0.5, 0.6) is 0 Å². The van der Waals surface area contributed by atoms with Crippen LogP contribution in [0.1, 0.15) is 0 Å². The van der Waals surface area contributed by atoms with Crippen LogP contribution in [-0.2, 0) is 0 Å².